The number of para-hydroxylation sites is 2. The fraction of sp³-hybridized carbons (Fsp3) is 0.333. The van der Waals surface area contributed by atoms with Crippen molar-refractivity contribution >= 4 is 23.5 Å². The van der Waals surface area contributed by atoms with Gasteiger partial charge in [0.15, 0.2) is 18.4 Å². The molecule has 30 heavy (non-hydrogen) atoms. The molecular formula is C18H17F3N4O5. The van der Waals surface area contributed by atoms with Crippen LogP contribution in [-0.2, 0) is 31.8 Å². The maximum Gasteiger partial charge on any atom is 0.435 e. The summed E-state index contributed by atoms with van der Waals surface area (Å²) in [5.41, 5.74) is -0.739. The Balaban J connectivity index is 1.63. The summed E-state index contributed by atoms with van der Waals surface area (Å²) in [4.78, 5) is 37.7. The van der Waals surface area contributed by atoms with Crippen LogP contribution in [0.5, 0.6) is 5.75 Å². The monoisotopic (exact) mass is 426 g/mol. The molecule has 9 nitrogen and oxygen atoms in total. The van der Waals surface area contributed by atoms with Gasteiger partial charge < -0.3 is 19.7 Å². The number of fused-ring (bicyclic) bond motifs is 1. The molecule has 0 saturated heterocycles. The van der Waals surface area contributed by atoms with Gasteiger partial charge in [-0.2, -0.15) is 18.3 Å². The van der Waals surface area contributed by atoms with Gasteiger partial charge in [0.05, 0.1) is 12.2 Å². The molecule has 0 spiro atoms. The molecule has 1 unspecified atom stereocenters. The van der Waals surface area contributed by atoms with Crippen LogP contribution in [0.4, 0.5) is 18.9 Å². The minimum absolute atomic E-state index is 0.0961. The van der Waals surface area contributed by atoms with Crippen LogP contribution in [0.1, 0.15) is 5.69 Å². The molecule has 1 aliphatic rings. The summed E-state index contributed by atoms with van der Waals surface area (Å²) in [6.45, 7) is -1.36. The lowest BCUT2D eigenvalue weighted by molar-refractivity contribution is -0.149. The number of nitrogens with zero attached hydrogens (tertiary/aromatic N) is 3. The second-order valence-electron chi connectivity index (χ2n) is 6.25. The normalized spacial score (nSPS) is 15.7. The number of likely N-dealkylation sites (N-methyl/N-ethyl adjacent to an activating group) is 1. The number of anilines is 1. The van der Waals surface area contributed by atoms with E-state index in [4.69, 9.17) is 9.47 Å². The number of carbonyl (C=O) groups excluding carboxylic acids is 3. The SMILES string of the molecule is CNC(=O)C1CN(C(=O)COC(=O)Cn2ccc(C(F)(F)F)n2)c2ccccc2O1. The fourth-order valence-electron chi connectivity index (χ4n) is 2.77. The number of hydrogen-bond donors (Lipinski definition) is 1. The third-order valence-electron chi connectivity index (χ3n) is 4.19. The maximum atomic E-state index is 12.6. The van der Waals surface area contributed by atoms with Crippen molar-refractivity contribution in [3.63, 3.8) is 0 Å². The topological polar surface area (TPSA) is 103 Å². The minimum Gasteiger partial charge on any atom is -0.477 e. The van der Waals surface area contributed by atoms with Crippen LogP contribution in [-0.4, -0.2) is 53.9 Å². The number of hydrogen-bond acceptors (Lipinski definition) is 6. The first-order valence-electron chi connectivity index (χ1n) is 8.73. The Kier molecular flexibility index (Phi) is 5.94. The van der Waals surface area contributed by atoms with Gasteiger partial charge in [-0.15, -0.1) is 0 Å². The highest BCUT2D eigenvalue weighted by molar-refractivity contribution is 5.98. The second kappa shape index (κ2) is 8.43. The molecule has 2 aromatic rings. The first-order valence-corrected chi connectivity index (χ1v) is 8.73. The number of aromatic nitrogens is 2. The van der Waals surface area contributed by atoms with E-state index in [1.165, 1.54) is 11.9 Å². The van der Waals surface area contributed by atoms with E-state index in [-0.39, 0.29) is 6.54 Å². The molecule has 0 bridgehead atoms. The number of benzene rings is 1. The van der Waals surface area contributed by atoms with Crippen molar-refractivity contribution < 1.29 is 37.0 Å². The van der Waals surface area contributed by atoms with Crippen molar-refractivity contribution in [2.45, 2.75) is 18.8 Å². The van der Waals surface area contributed by atoms with Crippen molar-refractivity contribution in [2.75, 3.05) is 25.1 Å². The molecule has 0 fully saturated rings. The molecule has 3 rings (SSSR count). The van der Waals surface area contributed by atoms with Crippen LogP contribution in [0.15, 0.2) is 36.5 Å². The summed E-state index contributed by atoms with van der Waals surface area (Å²) in [5.74, 6) is -1.68. The highest BCUT2D eigenvalue weighted by Gasteiger charge is 2.35. The van der Waals surface area contributed by atoms with Crippen LogP contribution in [0.25, 0.3) is 0 Å². The molecule has 0 radical (unpaired) electrons. The van der Waals surface area contributed by atoms with E-state index in [0.29, 0.717) is 11.4 Å². The minimum atomic E-state index is -4.63. The van der Waals surface area contributed by atoms with Gasteiger partial charge in [-0.3, -0.25) is 19.1 Å². The van der Waals surface area contributed by atoms with Gasteiger partial charge in [0.1, 0.15) is 12.3 Å². The highest BCUT2D eigenvalue weighted by Crippen LogP contribution is 2.33. The van der Waals surface area contributed by atoms with Crippen LogP contribution in [0.3, 0.4) is 0 Å². The molecule has 2 heterocycles. The summed E-state index contributed by atoms with van der Waals surface area (Å²) in [6, 6.07) is 7.27. The van der Waals surface area contributed by atoms with Gasteiger partial charge in [-0.05, 0) is 18.2 Å². The number of ether oxygens (including phenoxy) is 2. The molecule has 0 aliphatic carbocycles. The van der Waals surface area contributed by atoms with Crippen molar-refractivity contribution in [3.8, 4) is 5.75 Å². The van der Waals surface area contributed by atoms with Gasteiger partial charge in [0.25, 0.3) is 11.8 Å². The predicted octanol–water partition coefficient (Wildman–Crippen LogP) is 0.985. The lowest BCUT2D eigenvalue weighted by Crippen LogP contribution is -2.51. The number of carbonyl (C=O) groups is 3. The maximum absolute atomic E-state index is 12.6. The second-order valence-corrected chi connectivity index (χ2v) is 6.25. The number of nitrogens with one attached hydrogen (secondary N) is 1. The summed E-state index contributed by atoms with van der Waals surface area (Å²) < 4.78 is 48.9. The molecule has 0 saturated carbocycles. The number of esters is 1. The quantitative estimate of drug-likeness (QED) is 0.716. The van der Waals surface area contributed by atoms with Gasteiger partial charge in [-0.25, -0.2) is 0 Å². The van der Waals surface area contributed by atoms with Crippen LogP contribution < -0.4 is 15.0 Å². The number of halogens is 3. The van der Waals surface area contributed by atoms with Crippen LogP contribution >= 0.6 is 0 Å². The molecular weight excluding hydrogens is 409 g/mol. The Hall–Kier alpha value is -3.57. The Morgan fingerprint density at radius 2 is 2.00 bits per heavy atom. The predicted molar refractivity (Wildman–Crippen MR) is 95.5 cm³/mol. The number of rotatable bonds is 5. The number of alkyl halides is 3. The standard InChI is InChI=1S/C18H17F3N4O5/c1-22-17(28)13-8-25(11-4-2-3-5-12(11)30-13)15(26)10-29-16(27)9-24-7-6-14(23-24)18(19,20)21/h2-7,13H,8-10H2,1H3,(H,22,28). The summed E-state index contributed by atoms with van der Waals surface area (Å²) in [5, 5.41) is 5.68. The van der Waals surface area contributed by atoms with Crippen molar-refractivity contribution in [3.05, 3.63) is 42.2 Å². The van der Waals surface area contributed by atoms with Crippen molar-refractivity contribution in [2.24, 2.45) is 0 Å². The van der Waals surface area contributed by atoms with E-state index in [1.807, 2.05) is 0 Å². The molecule has 1 aliphatic heterocycles. The zero-order chi connectivity index (χ0) is 21.9. The third kappa shape index (κ3) is 4.70. The molecule has 1 atom stereocenters. The van der Waals surface area contributed by atoms with E-state index < -0.39 is 48.9 Å². The first kappa shape index (κ1) is 21.1. The van der Waals surface area contributed by atoms with E-state index in [9.17, 15) is 27.6 Å². The Morgan fingerprint density at radius 1 is 1.27 bits per heavy atom. The Morgan fingerprint density at radius 3 is 2.67 bits per heavy atom. The zero-order valence-electron chi connectivity index (χ0n) is 15.7. The largest absolute Gasteiger partial charge is 0.477 e. The van der Waals surface area contributed by atoms with Crippen molar-refractivity contribution in [1.82, 2.24) is 15.1 Å². The average Bonchev–Trinajstić information content (AvgIpc) is 3.19. The fourth-order valence-corrected chi connectivity index (χ4v) is 2.77. The van der Waals surface area contributed by atoms with E-state index in [2.05, 4.69) is 10.4 Å². The number of amides is 2. The van der Waals surface area contributed by atoms with E-state index in [0.717, 1.165) is 16.9 Å². The van der Waals surface area contributed by atoms with Gasteiger partial charge in [0.2, 0.25) is 0 Å². The summed E-state index contributed by atoms with van der Waals surface area (Å²) >= 11 is 0. The average molecular weight is 426 g/mol. The molecule has 2 amide bonds. The highest BCUT2D eigenvalue weighted by atomic mass is 19.4. The molecule has 1 aromatic carbocycles. The summed E-state index contributed by atoms with van der Waals surface area (Å²) in [7, 11) is 1.43. The molecule has 1 N–H and O–H groups in total. The van der Waals surface area contributed by atoms with Gasteiger partial charge in [-0.1, -0.05) is 12.1 Å². The lowest BCUT2D eigenvalue weighted by Gasteiger charge is -2.33. The summed E-state index contributed by atoms with van der Waals surface area (Å²) in [6.07, 6.45) is -4.59. The molecule has 160 valence electrons. The van der Waals surface area contributed by atoms with Crippen molar-refractivity contribution in [1.29, 1.82) is 0 Å². The Labute approximate surface area is 168 Å². The molecule has 12 heteroatoms. The lowest BCUT2D eigenvalue weighted by atomic mass is 10.1. The smallest absolute Gasteiger partial charge is 0.435 e. The van der Waals surface area contributed by atoms with Crippen LogP contribution in [0.2, 0.25) is 0 Å². The molecule has 1 aromatic heterocycles. The van der Waals surface area contributed by atoms with Gasteiger partial charge in [0, 0.05) is 13.2 Å². The van der Waals surface area contributed by atoms with E-state index in [1.54, 1.807) is 24.3 Å². The third-order valence-corrected chi connectivity index (χ3v) is 4.19. The Bertz CT molecular complexity index is 959. The first-order chi connectivity index (χ1) is 14.2. The van der Waals surface area contributed by atoms with Crippen LogP contribution in [0, 0.1) is 0 Å². The zero-order valence-corrected chi connectivity index (χ0v) is 15.7. The van der Waals surface area contributed by atoms with E-state index >= 15 is 0 Å². The van der Waals surface area contributed by atoms with Gasteiger partial charge >= 0.3 is 12.1 Å².